The Balaban J connectivity index is 0.00000200. The van der Waals surface area contributed by atoms with E-state index < -0.39 is 0 Å². The van der Waals surface area contributed by atoms with Crippen molar-refractivity contribution in [3.8, 4) is 22.6 Å². The van der Waals surface area contributed by atoms with E-state index in [2.05, 4.69) is 31.8 Å². The lowest BCUT2D eigenvalue weighted by Crippen LogP contribution is -2.43. The molecule has 240 valence electrons. The van der Waals surface area contributed by atoms with Crippen molar-refractivity contribution in [2.75, 3.05) is 57.3 Å². The first-order valence-electron chi connectivity index (χ1n) is 15.3. The van der Waals surface area contributed by atoms with Crippen molar-refractivity contribution in [1.29, 1.82) is 0 Å². The molecule has 3 aromatic carbocycles. The number of amides is 1. The molecule has 3 saturated heterocycles. The summed E-state index contributed by atoms with van der Waals surface area (Å²) >= 11 is 0. The fourth-order valence-corrected chi connectivity index (χ4v) is 6.28. The molecule has 4 heterocycles. The lowest BCUT2D eigenvalue weighted by atomic mass is 9.99. The number of nitrogens with one attached hydrogen (secondary N) is 3. The van der Waals surface area contributed by atoms with Crippen LogP contribution in [0.5, 0.6) is 11.5 Å². The van der Waals surface area contributed by atoms with Gasteiger partial charge in [0.25, 0.3) is 5.91 Å². The van der Waals surface area contributed by atoms with Gasteiger partial charge in [-0.3, -0.25) is 9.89 Å². The molecule has 1 amide bonds. The van der Waals surface area contributed by atoms with Crippen LogP contribution in [0, 0.1) is 5.82 Å². The molecule has 1 aromatic heterocycles. The van der Waals surface area contributed by atoms with E-state index in [1.165, 1.54) is 6.07 Å². The Kier molecular flexibility index (Phi) is 10.7. The van der Waals surface area contributed by atoms with E-state index in [4.69, 9.17) is 9.47 Å². The van der Waals surface area contributed by atoms with Crippen molar-refractivity contribution < 1.29 is 18.7 Å². The predicted octanol–water partition coefficient (Wildman–Crippen LogP) is 5.05. The summed E-state index contributed by atoms with van der Waals surface area (Å²) in [5.41, 5.74) is 4.27. The van der Waals surface area contributed by atoms with Crippen LogP contribution in [-0.4, -0.2) is 85.6 Å². The molecule has 0 unspecified atom stereocenters. The normalized spacial score (nSPS) is 18.7. The first-order valence-corrected chi connectivity index (χ1v) is 15.3. The maximum atomic E-state index is 14.5. The Morgan fingerprint density at radius 1 is 0.844 bits per heavy atom. The topological polar surface area (TPSA) is 94.7 Å². The van der Waals surface area contributed by atoms with Crippen LogP contribution in [0.4, 0.5) is 10.1 Å². The smallest absolute Gasteiger partial charge is 0.253 e. The third-order valence-electron chi connectivity index (χ3n) is 8.66. The second-order valence-electron chi connectivity index (χ2n) is 11.6. The first kappa shape index (κ1) is 32.8. The maximum Gasteiger partial charge on any atom is 0.253 e. The van der Waals surface area contributed by atoms with Crippen LogP contribution in [0.15, 0.2) is 60.8 Å². The van der Waals surface area contributed by atoms with Crippen LogP contribution in [0.25, 0.3) is 22.0 Å². The van der Waals surface area contributed by atoms with Gasteiger partial charge < -0.3 is 29.9 Å². The molecule has 45 heavy (non-hydrogen) atoms. The fourth-order valence-electron chi connectivity index (χ4n) is 6.28. The van der Waals surface area contributed by atoms with Crippen molar-refractivity contribution in [1.82, 2.24) is 25.7 Å². The van der Waals surface area contributed by atoms with Crippen molar-refractivity contribution in [3.63, 3.8) is 0 Å². The highest BCUT2D eigenvalue weighted by atomic mass is 35.5. The molecular formula is C33H39Cl2FN6O3. The molecule has 0 radical (unpaired) electrons. The minimum Gasteiger partial charge on any atom is -0.490 e. The number of aromatic amines is 1. The van der Waals surface area contributed by atoms with Crippen LogP contribution in [-0.2, 0) is 0 Å². The maximum absolute atomic E-state index is 14.5. The molecule has 7 rings (SSSR count). The number of H-pyrrole nitrogens is 1. The standard InChI is InChI=1S/C33H37FN6O3.2ClH/c34-25-17-26(39-13-9-35-10-14-39)19-29(18-25)42-27-6-11-40(12-7-27)33(41)23-3-4-32(43-28-5-8-36-21-28)30(15-23)22-1-2-24-20-37-38-31(24)16-22;;/h1-4,15-20,27-28,35-36H,5-14,21H2,(H,37,38);2*1H/t28-;;/m0../s1. The summed E-state index contributed by atoms with van der Waals surface area (Å²) in [4.78, 5) is 17.8. The van der Waals surface area contributed by atoms with Crippen LogP contribution < -0.4 is 25.0 Å². The quantitative estimate of drug-likeness (QED) is 0.256. The highest BCUT2D eigenvalue weighted by Gasteiger charge is 2.27. The number of aromatic nitrogens is 2. The number of hydrogen-bond acceptors (Lipinski definition) is 7. The van der Waals surface area contributed by atoms with Gasteiger partial charge in [-0.05, 0) is 48.9 Å². The predicted molar refractivity (Wildman–Crippen MR) is 179 cm³/mol. The summed E-state index contributed by atoms with van der Waals surface area (Å²) in [6.07, 6.45) is 4.14. The van der Waals surface area contributed by atoms with E-state index in [0.29, 0.717) is 37.2 Å². The highest BCUT2D eigenvalue weighted by molar-refractivity contribution is 5.97. The minimum atomic E-state index is -0.294. The van der Waals surface area contributed by atoms with E-state index in [9.17, 15) is 9.18 Å². The summed E-state index contributed by atoms with van der Waals surface area (Å²) in [6.45, 7) is 6.34. The van der Waals surface area contributed by atoms with Gasteiger partial charge in [-0.2, -0.15) is 5.10 Å². The number of fused-ring (bicyclic) bond motifs is 1. The molecule has 1 atom stereocenters. The Morgan fingerprint density at radius 3 is 2.44 bits per heavy atom. The zero-order chi connectivity index (χ0) is 29.2. The molecule has 0 saturated carbocycles. The average Bonchev–Trinajstić information content (AvgIpc) is 3.73. The minimum absolute atomic E-state index is 0. The van der Waals surface area contributed by atoms with Crippen LogP contribution in [0.3, 0.4) is 0 Å². The summed E-state index contributed by atoms with van der Waals surface area (Å²) < 4.78 is 27.1. The number of carbonyl (C=O) groups excluding carboxylic acids is 1. The SMILES string of the molecule is Cl.Cl.O=C(c1ccc(O[C@H]2CCNC2)c(-c2ccc3cn[nH]c3c2)c1)N1CCC(Oc2cc(F)cc(N3CCNCC3)c2)CC1. The van der Waals surface area contributed by atoms with Crippen LogP contribution >= 0.6 is 24.8 Å². The van der Waals surface area contributed by atoms with E-state index >= 15 is 0 Å². The van der Waals surface area contributed by atoms with Crippen LogP contribution in [0.1, 0.15) is 29.6 Å². The van der Waals surface area contributed by atoms with Gasteiger partial charge in [0.2, 0.25) is 0 Å². The molecule has 3 fully saturated rings. The molecule has 0 aliphatic carbocycles. The number of halogens is 3. The number of ether oxygens (including phenoxy) is 2. The number of likely N-dealkylation sites (tertiary alicyclic amines) is 1. The molecule has 0 bridgehead atoms. The zero-order valence-corrected chi connectivity index (χ0v) is 26.6. The Labute approximate surface area is 274 Å². The number of anilines is 1. The number of piperidine rings is 1. The largest absolute Gasteiger partial charge is 0.490 e. The number of piperazine rings is 1. The Morgan fingerprint density at radius 2 is 1.67 bits per heavy atom. The lowest BCUT2D eigenvalue weighted by Gasteiger charge is -2.33. The molecule has 3 aliphatic heterocycles. The van der Waals surface area contributed by atoms with Crippen LogP contribution in [0.2, 0.25) is 0 Å². The molecule has 0 spiro atoms. The number of benzene rings is 3. The average molecular weight is 658 g/mol. The van der Waals surface area contributed by atoms with Gasteiger partial charge in [0.1, 0.15) is 29.5 Å². The third-order valence-corrected chi connectivity index (χ3v) is 8.66. The molecule has 9 nitrogen and oxygen atoms in total. The molecule has 3 aliphatic rings. The summed E-state index contributed by atoms with van der Waals surface area (Å²) in [6, 6.07) is 16.8. The number of hydrogen-bond donors (Lipinski definition) is 3. The number of rotatable bonds is 7. The van der Waals surface area contributed by atoms with Gasteiger partial charge in [-0.15, -0.1) is 24.8 Å². The number of carbonyl (C=O) groups is 1. The van der Waals surface area contributed by atoms with Gasteiger partial charge in [0.05, 0.1) is 11.7 Å². The fraction of sp³-hybridized carbons (Fsp3) is 0.394. The summed E-state index contributed by atoms with van der Waals surface area (Å²) in [5, 5.41) is 14.9. The van der Waals surface area contributed by atoms with Gasteiger partial charge in [-0.25, -0.2) is 4.39 Å². The van der Waals surface area contributed by atoms with E-state index in [1.807, 2.05) is 41.3 Å². The summed E-state index contributed by atoms with van der Waals surface area (Å²) in [5.74, 6) is 1.01. The monoisotopic (exact) mass is 656 g/mol. The summed E-state index contributed by atoms with van der Waals surface area (Å²) in [7, 11) is 0. The molecule has 4 aromatic rings. The molecular weight excluding hydrogens is 618 g/mol. The number of nitrogens with zero attached hydrogens (tertiary/aromatic N) is 3. The van der Waals surface area contributed by atoms with Crippen molar-refractivity contribution in [2.24, 2.45) is 0 Å². The van der Waals surface area contributed by atoms with Crippen molar-refractivity contribution in [2.45, 2.75) is 31.5 Å². The van der Waals surface area contributed by atoms with E-state index in [-0.39, 0.29) is 48.7 Å². The second-order valence-corrected chi connectivity index (χ2v) is 11.6. The lowest BCUT2D eigenvalue weighted by molar-refractivity contribution is 0.0595. The van der Waals surface area contributed by atoms with Gasteiger partial charge in [0.15, 0.2) is 0 Å². The third kappa shape index (κ3) is 7.47. The van der Waals surface area contributed by atoms with E-state index in [0.717, 1.165) is 79.2 Å². The van der Waals surface area contributed by atoms with Crippen molar-refractivity contribution >= 4 is 47.3 Å². The first-order chi connectivity index (χ1) is 21.1. The molecule has 12 heteroatoms. The van der Waals surface area contributed by atoms with Crippen molar-refractivity contribution in [3.05, 3.63) is 72.2 Å². The molecule has 3 N–H and O–H groups in total. The van der Waals surface area contributed by atoms with Gasteiger partial charge >= 0.3 is 0 Å². The second kappa shape index (κ2) is 14.7. The van der Waals surface area contributed by atoms with Gasteiger partial charge in [0, 0.05) is 93.0 Å². The van der Waals surface area contributed by atoms with Gasteiger partial charge in [-0.1, -0.05) is 12.1 Å². The Hall–Kier alpha value is -3.57. The zero-order valence-electron chi connectivity index (χ0n) is 25.0. The highest BCUT2D eigenvalue weighted by Crippen LogP contribution is 2.35. The Bertz CT molecular complexity index is 1600. The van der Waals surface area contributed by atoms with E-state index in [1.54, 1.807) is 12.3 Å².